The van der Waals surface area contributed by atoms with Crippen LogP contribution in [0.1, 0.15) is 26.5 Å². The number of aromatic nitrogens is 2. The van der Waals surface area contributed by atoms with Gasteiger partial charge in [0.1, 0.15) is 11.6 Å². The van der Waals surface area contributed by atoms with E-state index in [1.807, 2.05) is 30.3 Å². The summed E-state index contributed by atoms with van der Waals surface area (Å²) >= 11 is 0. The molecule has 0 radical (unpaired) electrons. The molecule has 0 bridgehead atoms. The second-order valence-corrected chi connectivity index (χ2v) is 5.77. The van der Waals surface area contributed by atoms with Crippen LogP contribution in [0.2, 0.25) is 0 Å². The van der Waals surface area contributed by atoms with Crippen LogP contribution in [0.25, 0.3) is 5.69 Å². The van der Waals surface area contributed by atoms with E-state index in [0.717, 1.165) is 11.4 Å². The first-order chi connectivity index (χ1) is 9.81. The SMILES string of the molecule is COc1cccc(-n2nc(C(C)(C)C)cc2NC(N)=O)c1. The summed E-state index contributed by atoms with van der Waals surface area (Å²) in [5, 5.41) is 7.17. The first-order valence-electron chi connectivity index (χ1n) is 6.62. The Bertz CT molecular complexity index is 656. The molecule has 0 aliphatic heterocycles. The Morgan fingerprint density at radius 2 is 2.05 bits per heavy atom. The molecule has 0 unspecified atom stereocenters. The zero-order valence-corrected chi connectivity index (χ0v) is 12.7. The Balaban J connectivity index is 2.54. The fourth-order valence-corrected chi connectivity index (χ4v) is 1.90. The molecule has 3 N–H and O–H groups in total. The van der Waals surface area contributed by atoms with E-state index in [9.17, 15) is 4.79 Å². The molecule has 1 heterocycles. The minimum atomic E-state index is -0.625. The Hall–Kier alpha value is -2.50. The summed E-state index contributed by atoms with van der Waals surface area (Å²) in [5.74, 6) is 1.24. The van der Waals surface area contributed by atoms with Gasteiger partial charge < -0.3 is 10.5 Å². The van der Waals surface area contributed by atoms with Crippen molar-refractivity contribution in [2.75, 3.05) is 12.4 Å². The van der Waals surface area contributed by atoms with Gasteiger partial charge in [0.25, 0.3) is 0 Å². The van der Waals surface area contributed by atoms with E-state index in [2.05, 4.69) is 31.2 Å². The third-order valence-corrected chi connectivity index (χ3v) is 3.03. The van der Waals surface area contributed by atoms with Gasteiger partial charge in [0, 0.05) is 17.5 Å². The van der Waals surface area contributed by atoms with E-state index in [0.29, 0.717) is 11.6 Å². The van der Waals surface area contributed by atoms with Gasteiger partial charge in [0.2, 0.25) is 0 Å². The van der Waals surface area contributed by atoms with Crippen LogP contribution in [0.5, 0.6) is 5.75 Å². The van der Waals surface area contributed by atoms with Gasteiger partial charge in [-0.2, -0.15) is 5.10 Å². The molecule has 0 saturated carbocycles. The number of nitrogens with two attached hydrogens (primary N) is 1. The molecule has 0 fully saturated rings. The number of hydrogen-bond acceptors (Lipinski definition) is 3. The minimum Gasteiger partial charge on any atom is -0.497 e. The first kappa shape index (κ1) is 14.9. The van der Waals surface area contributed by atoms with Gasteiger partial charge in [0.15, 0.2) is 0 Å². The lowest BCUT2D eigenvalue weighted by Crippen LogP contribution is -2.21. The molecule has 2 aromatic rings. The van der Waals surface area contributed by atoms with E-state index in [1.165, 1.54) is 0 Å². The molecule has 21 heavy (non-hydrogen) atoms. The van der Waals surface area contributed by atoms with Gasteiger partial charge in [-0.05, 0) is 12.1 Å². The molecule has 2 rings (SSSR count). The van der Waals surface area contributed by atoms with E-state index in [4.69, 9.17) is 10.5 Å². The van der Waals surface area contributed by atoms with Crippen LogP contribution in [0.3, 0.4) is 0 Å². The first-order valence-corrected chi connectivity index (χ1v) is 6.62. The number of primary amides is 1. The number of nitrogens with one attached hydrogen (secondary N) is 1. The van der Waals surface area contributed by atoms with Crippen LogP contribution >= 0.6 is 0 Å². The molecule has 0 saturated heterocycles. The zero-order chi connectivity index (χ0) is 15.6. The molecule has 112 valence electrons. The normalized spacial score (nSPS) is 11.2. The van der Waals surface area contributed by atoms with Crippen molar-refractivity contribution in [3.8, 4) is 11.4 Å². The highest BCUT2D eigenvalue weighted by Gasteiger charge is 2.21. The fourth-order valence-electron chi connectivity index (χ4n) is 1.90. The maximum absolute atomic E-state index is 11.2. The average molecular weight is 288 g/mol. The standard InChI is InChI=1S/C15H20N4O2/c1-15(2,3)12-9-13(17-14(16)20)19(18-12)10-6-5-7-11(8-10)21-4/h5-9H,1-4H3,(H3,16,17,20). The number of urea groups is 1. The predicted molar refractivity (Wildman–Crippen MR) is 82.0 cm³/mol. The maximum atomic E-state index is 11.2. The summed E-state index contributed by atoms with van der Waals surface area (Å²) in [6.07, 6.45) is 0. The molecule has 1 aromatic carbocycles. The summed E-state index contributed by atoms with van der Waals surface area (Å²) in [4.78, 5) is 11.2. The number of rotatable bonds is 3. The van der Waals surface area contributed by atoms with E-state index in [1.54, 1.807) is 11.8 Å². The van der Waals surface area contributed by atoms with Gasteiger partial charge >= 0.3 is 6.03 Å². The monoisotopic (exact) mass is 288 g/mol. The molecule has 6 heteroatoms. The van der Waals surface area contributed by atoms with Gasteiger partial charge in [0.05, 0.1) is 18.5 Å². The summed E-state index contributed by atoms with van der Waals surface area (Å²) in [6.45, 7) is 6.16. The number of ether oxygens (including phenoxy) is 1. The quantitative estimate of drug-likeness (QED) is 0.911. The molecule has 0 spiro atoms. The molecule has 2 amide bonds. The highest BCUT2D eigenvalue weighted by atomic mass is 16.5. The number of anilines is 1. The van der Waals surface area contributed by atoms with Crippen LogP contribution in [-0.4, -0.2) is 22.9 Å². The molecule has 0 aliphatic carbocycles. The van der Waals surface area contributed by atoms with Crippen molar-refractivity contribution in [2.24, 2.45) is 5.73 Å². The molecule has 1 aromatic heterocycles. The third-order valence-electron chi connectivity index (χ3n) is 3.03. The van der Waals surface area contributed by atoms with Gasteiger partial charge in [-0.1, -0.05) is 26.8 Å². The summed E-state index contributed by atoms with van der Waals surface area (Å²) in [5.41, 5.74) is 6.73. The van der Waals surface area contributed by atoms with E-state index >= 15 is 0 Å². The predicted octanol–water partition coefficient (Wildman–Crippen LogP) is 2.67. The van der Waals surface area contributed by atoms with Crippen molar-refractivity contribution in [1.82, 2.24) is 9.78 Å². The number of hydrogen-bond donors (Lipinski definition) is 2. The van der Waals surface area contributed by atoms with Gasteiger partial charge in [-0.25, -0.2) is 9.48 Å². The summed E-state index contributed by atoms with van der Waals surface area (Å²) < 4.78 is 6.86. The Morgan fingerprint density at radius 3 is 2.62 bits per heavy atom. The van der Waals surface area contributed by atoms with Crippen LogP contribution in [0.15, 0.2) is 30.3 Å². The minimum absolute atomic E-state index is 0.141. The number of amides is 2. The lowest BCUT2D eigenvalue weighted by Gasteiger charge is -2.14. The van der Waals surface area contributed by atoms with Crippen LogP contribution in [0.4, 0.5) is 10.6 Å². The van der Waals surface area contributed by atoms with E-state index in [-0.39, 0.29) is 5.41 Å². The number of methoxy groups -OCH3 is 1. The summed E-state index contributed by atoms with van der Waals surface area (Å²) in [7, 11) is 1.60. The number of carbonyl (C=O) groups is 1. The lowest BCUT2D eigenvalue weighted by atomic mass is 9.92. The second-order valence-electron chi connectivity index (χ2n) is 5.77. The Labute approximate surface area is 123 Å². The van der Waals surface area contributed by atoms with Crippen molar-refractivity contribution in [1.29, 1.82) is 0 Å². The molecular weight excluding hydrogens is 268 g/mol. The number of benzene rings is 1. The topological polar surface area (TPSA) is 82.2 Å². The smallest absolute Gasteiger partial charge is 0.317 e. The van der Waals surface area contributed by atoms with Crippen molar-refractivity contribution >= 4 is 11.8 Å². The maximum Gasteiger partial charge on any atom is 0.317 e. The Morgan fingerprint density at radius 1 is 1.33 bits per heavy atom. The second kappa shape index (κ2) is 5.47. The van der Waals surface area contributed by atoms with Gasteiger partial charge in [-0.3, -0.25) is 5.32 Å². The van der Waals surface area contributed by atoms with Crippen LogP contribution < -0.4 is 15.8 Å². The molecular formula is C15H20N4O2. The number of nitrogens with zero attached hydrogens (tertiary/aromatic N) is 2. The molecule has 0 aliphatic rings. The molecule has 0 atom stereocenters. The van der Waals surface area contributed by atoms with Crippen molar-refractivity contribution < 1.29 is 9.53 Å². The summed E-state index contributed by atoms with van der Waals surface area (Å²) in [6, 6.07) is 8.63. The average Bonchev–Trinajstić information content (AvgIpc) is 2.82. The largest absolute Gasteiger partial charge is 0.497 e. The van der Waals surface area contributed by atoms with Crippen LogP contribution in [0, 0.1) is 0 Å². The number of carbonyl (C=O) groups excluding carboxylic acids is 1. The molecule has 6 nitrogen and oxygen atoms in total. The Kier molecular flexibility index (Phi) is 3.88. The van der Waals surface area contributed by atoms with Crippen molar-refractivity contribution in [3.63, 3.8) is 0 Å². The zero-order valence-electron chi connectivity index (χ0n) is 12.7. The fraction of sp³-hybridized carbons (Fsp3) is 0.333. The highest BCUT2D eigenvalue weighted by molar-refractivity contribution is 5.87. The van der Waals surface area contributed by atoms with Crippen LogP contribution in [-0.2, 0) is 5.41 Å². The van der Waals surface area contributed by atoms with E-state index < -0.39 is 6.03 Å². The third kappa shape index (κ3) is 3.34. The van der Waals surface area contributed by atoms with Gasteiger partial charge in [-0.15, -0.1) is 0 Å². The lowest BCUT2D eigenvalue weighted by molar-refractivity contribution is 0.259. The van der Waals surface area contributed by atoms with Crippen molar-refractivity contribution in [3.05, 3.63) is 36.0 Å². The highest BCUT2D eigenvalue weighted by Crippen LogP contribution is 2.27. The van der Waals surface area contributed by atoms with Crippen molar-refractivity contribution in [2.45, 2.75) is 26.2 Å².